The fourth-order valence-electron chi connectivity index (χ4n) is 1.16. The third kappa shape index (κ3) is 9.37. The molecule has 2 aromatic carbocycles. The minimum absolute atomic E-state index is 0. The van der Waals surface area contributed by atoms with Gasteiger partial charge in [-0.15, -0.1) is 0 Å². The molecule has 0 spiro atoms. The molecule has 0 aromatic heterocycles. The second kappa shape index (κ2) is 12.8. The standard InChI is InChI=1S/2C7H6O2.Cu.2H2O/c2*8-7(9)6-4-2-1-3-5-6;;;/h2*1-5H,(H,8,9);;2*1H2. The molecule has 2 rings (SSSR count). The number of rotatable bonds is 2. The first-order valence-electron chi connectivity index (χ1n) is 5.18. The van der Waals surface area contributed by atoms with Crippen molar-refractivity contribution in [3.63, 3.8) is 0 Å². The summed E-state index contributed by atoms with van der Waals surface area (Å²) < 4.78 is 0. The Hall–Kier alpha value is -2.18. The van der Waals surface area contributed by atoms with Gasteiger partial charge in [-0.1, -0.05) is 36.4 Å². The molecular weight excluding hydrogens is 328 g/mol. The largest absolute Gasteiger partial charge is 0.478 e. The Morgan fingerprint density at radius 2 is 0.857 bits per heavy atom. The minimum atomic E-state index is -0.879. The van der Waals surface area contributed by atoms with E-state index in [-0.39, 0.29) is 28.0 Å². The average Bonchev–Trinajstić information content (AvgIpc) is 2.41. The van der Waals surface area contributed by atoms with Crippen LogP contribution in [-0.4, -0.2) is 33.1 Å². The van der Waals surface area contributed by atoms with E-state index in [0.29, 0.717) is 11.1 Å². The molecule has 0 aliphatic heterocycles. The SMILES string of the molecule is O.O.O=C(O)c1ccccc1.O=C(O)c1ccccc1.[Cu]. The maximum atomic E-state index is 10.2. The van der Waals surface area contributed by atoms with E-state index in [0.717, 1.165) is 0 Å². The van der Waals surface area contributed by atoms with Gasteiger partial charge in [0.05, 0.1) is 11.1 Å². The van der Waals surface area contributed by atoms with Gasteiger partial charge in [-0.25, -0.2) is 9.59 Å². The van der Waals surface area contributed by atoms with E-state index in [1.54, 1.807) is 60.7 Å². The summed E-state index contributed by atoms with van der Waals surface area (Å²) in [6, 6.07) is 16.6. The summed E-state index contributed by atoms with van der Waals surface area (Å²) in [6.07, 6.45) is 0. The van der Waals surface area contributed by atoms with E-state index < -0.39 is 11.9 Å². The van der Waals surface area contributed by atoms with Crippen molar-refractivity contribution in [2.75, 3.05) is 0 Å². The van der Waals surface area contributed by atoms with Gasteiger partial charge < -0.3 is 21.2 Å². The fraction of sp³-hybridized carbons (Fsp3) is 0. The molecule has 7 heteroatoms. The van der Waals surface area contributed by atoms with Crippen LogP contribution < -0.4 is 0 Å². The summed E-state index contributed by atoms with van der Waals surface area (Å²) in [7, 11) is 0. The van der Waals surface area contributed by atoms with Gasteiger partial charge in [0, 0.05) is 17.1 Å². The number of carboxylic acids is 2. The van der Waals surface area contributed by atoms with Crippen LogP contribution in [0.2, 0.25) is 0 Å². The number of benzene rings is 2. The number of hydrogen-bond donors (Lipinski definition) is 2. The third-order valence-corrected chi connectivity index (χ3v) is 2.04. The van der Waals surface area contributed by atoms with E-state index in [4.69, 9.17) is 10.2 Å². The van der Waals surface area contributed by atoms with Crippen LogP contribution >= 0.6 is 0 Å². The van der Waals surface area contributed by atoms with Crippen LogP contribution in [0.15, 0.2) is 60.7 Å². The first kappa shape index (κ1) is 23.9. The topological polar surface area (TPSA) is 138 Å². The van der Waals surface area contributed by atoms with Crippen LogP contribution in [0.3, 0.4) is 0 Å². The van der Waals surface area contributed by atoms with Crippen molar-refractivity contribution < 1.29 is 47.8 Å². The van der Waals surface area contributed by atoms with Gasteiger partial charge in [-0.05, 0) is 24.3 Å². The molecule has 0 bridgehead atoms. The molecule has 6 N–H and O–H groups in total. The summed E-state index contributed by atoms with van der Waals surface area (Å²) in [6.45, 7) is 0. The van der Waals surface area contributed by atoms with Crippen LogP contribution in [0.5, 0.6) is 0 Å². The Balaban J connectivity index is -0.000000270. The zero-order valence-electron chi connectivity index (χ0n) is 10.8. The average molecular weight is 344 g/mol. The zero-order valence-corrected chi connectivity index (χ0v) is 11.7. The van der Waals surface area contributed by atoms with Crippen LogP contribution in [0, 0.1) is 0 Å². The Morgan fingerprint density at radius 3 is 1.00 bits per heavy atom. The Morgan fingerprint density at radius 1 is 0.619 bits per heavy atom. The molecule has 0 aliphatic rings. The van der Waals surface area contributed by atoms with Crippen molar-refractivity contribution in [3.8, 4) is 0 Å². The minimum Gasteiger partial charge on any atom is -0.478 e. The van der Waals surface area contributed by atoms with Crippen molar-refractivity contribution in [1.29, 1.82) is 0 Å². The van der Waals surface area contributed by atoms with Gasteiger partial charge >= 0.3 is 11.9 Å². The summed E-state index contributed by atoms with van der Waals surface area (Å²) in [5, 5.41) is 16.8. The predicted octanol–water partition coefficient (Wildman–Crippen LogP) is 1.12. The number of hydrogen-bond acceptors (Lipinski definition) is 2. The first-order valence-corrected chi connectivity index (χ1v) is 5.18. The van der Waals surface area contributed by atoms with Gasteiger partial charge in [0.15, 0.2) is 0 Å². The van der Waals surface area contributed by atoms with Crippen molar-refractivity contribution >= 4 is 11.9 Å². The van der Waals surface area contributed by atoms with Gasteiger partial charge in [-0.3, -0.25) is 0 Å². The predicted molar refractivity (Wildman–Crippen MR) is 74.0 cm³/mol. The summed E-state index contributed by atoms with van der Waals surface area (Å²) >= 11 is 0. The number of carboxylic acid groups (broad SMARTS) is 2. The maximum absolute atomic E-state index is 10.2. The summed E-state index contributed by atoms with van der Waals surface area (Å²) in [5.41, 5.74) is 0.662. The van der Waals surface area contributed by atoms with Gasteiger partial charge in [0.2, 0.25) is 0 Å². The van der Waals surface area contributed by atoms with E-state index >= 15 is 0 Å². The van der Waals surface area contributed by atoms with Gasteiger partial charge in [-0.2, -0.15) is 0 Å². The van der Waals surface area contributed by atoms with Crippen molar-refractivity contribution in [3.05, 3.63) is 71.8 Å². The van der Waals surface area contributed by atoms with E-state index in [1.165, 1.54) is 0 Å². The molecule has 21 heavy (non-hydrogen) atoms. The molecule has 0 saturated carbocycles. The maximum Gasteiger partial charge on any atom is 0.335 e. The molecule has 0 amide bonds. The number of carbonyl (C=O) groups is 2. The van der Waals surface area contributed by atoms with E-state index in [1.807, 2.05) is 0 Å². The molecule has 119 valence electrons. The fourth-order valence-corrected chi connectivity index (χ4v) is 1.16. The van der Waals surface area contributed by atoms with Crippen molar-refractivity contribution in [2.45, 2.75) is 0 Å². The Bertz CT molecular complexity index is 466. The third-order valence-electron chi connectivity index (χ3n) is 2.04. The number of aromatic carboxylic acids is 2. The summed E-state index contributed by atoms with van der Waals surface area (Å²) in [5.74, 6) is -1.76. The summed E-state index contributed by atoms with van der Waals surface area (Å²) in [4.78, 5) is 20.4. The van der Waals surface area contributed by atoms with Crippen LogP contribution in [0.1, 0.15) is 20.7 Å². The molecule has 0 fully saturated rings. The molecule has 0 atom stereocenters. The van der Waals surface area contributed by atoms with E-state index in [9.17, 15) is 9.59 Å². The Kier molecular flexibility index (Phi) is 14.6. The quantitative estimate of drug-likeness (QED) is 0.789. The molecule has 2 aromatic rings. The Labute approximate surface area is 132 Å². The molecule has 0 aliphatic carbocycles. The van der Waals surface area contributed by atoms with Gasteiger partial charge in [0.25, 0.3) is 0 Å². The van der Waals surface area contributed by atoms with Crippen molar-refractivity contribution in [1.82, 2.24) is 0 Å². The smallest absolute Gasteiger partial charge is 0.335 e. The molecule has 6 nitrogen and oxygen atoms in total. The van der Waals surface area contributed by atoms with Crippen LogP contribution in [-0.2, 0) is 17.1 Å². The van der Waals surface area contributed by atoms with E-state index in [2.05, 4.69) is 0 Å². The second-order valence-corrected chi connectivity index (χ2v) is 3.34. The monoisotopic (exact) mass is 343 g/mol. The van der Waals surface area contributed by atoms with Crippen LogP contribution in [0.4, 0.5) is 0 Å². The molecule has 0 saturated heterocycles. The molecular formula is C14H16CuO6. The first-order chi connectivity index (χ1) is 8.61. The molecule has 0 heterocycles. The van der Waals surface area contributed by atoms with Gasteiger partial charge in [0.1, 0.15) is 0 Å². The molecule has 1 radical (unpaired) electrons. The zero-order chi connectivity index (χ0) is 13.4. The normalized spacial score (nSPS) is 7.62. The second-order valence-electron chi connectivity index (χ2n) is 3.34. The van der Waals surface area contributed by atoms with Crippen molar-refractivity contribution in [2.24, 2.45) is 0 Å². The van der Waals surface area contributed by atoms with Crippen LogP contribution in [0.25, 0.3) is 0 Å². The molecule has 0 unspecified atom stereocenters.